The van der Waals surface area contributed by atoms with E-state index in [0.29, 0.717) is 6.42 Å². The lowest BCUT2D eigenvalue weighted by molar-refractivity contribution is 0.953. The Morgan fingerprint density at radius 3 is 2.67 bits per heavy atom. The second-order valence-corrected chi connectivity index (χ2v) is 5.49. The molecule has 0 fully saturated rings. The molecular formula is C13H13Br2N3. The van der Waals surface area contributed by atoms with Gasteiger partial charge in [-0.25, -0.2) is 9.97 Å². The van der Waals surface area contributed by atoms with Gasteiger partial charge in [-0.05, 0) is 34.5 Å². The monoisotopic (exact) mass is 369 g/mol. The van der Waals surface area contributed by atoms with E-state index in [-0.39, 0.29) is 0 Å². The Morgan fingerprint density at radius 1 is 1.17 bits per heavy atom. The van der Waals surface area contributed by atoms with Crippen molar-refractivity contribution in [2.75, 3.05) is 11.9 Å². The van der Waals surface area contributed by atoms with E-state index in [1.165, 1.54) is 5.56 Å². The topological polar surface area (TPSA) is 37.8 Å². The SMILES string of the molecule is CCNc1nc(Cc2ccccc2Br)ncc1Br. The summed E-state index contributed by atoms with van der Waals surface area (Å²) in [7, 11) is 0. The van der Waals surface area contributed by atoms with Crippen molar-refractivity contribution in [1.29, 1.82) is 0 Å². The van der Waals surface area contributed by atoms with Crippen LogP contribution >= 0.6 is 31.9 Å². The Labute approximate surface area is 123 Å². The standard InChI is InChI=1S/C13H13Br2N3/c1-2-16-13-11(15)8-17-12(18-13)7-9-5-3-4-6-10(9)14/h3-6,8H,2,7H2,1H3,(H,16,17,18). The Morgan fingerprint density at radius 2 is 1.94 bits per heavy atom. The molecule has 2 rings (SSSR count). The second-order valence-electron chi connectivity index (χ2n) is 3.78. The zero-order valence-electron chi connectivity index (χ0n) is 9.95. The van der Waals surface area contributed by atoms with Gasteiger partial charge < -0.3 is 5.32 Å². The molecule has 0 aliphatic heterocycles. The molecule has 0 unspecified atom stereocenters. The van der Waals surface area contributed by atoms with Crippen LogP contribution in [0.1, 0.15) is 18.3 Å². The first kappa shape index (κ1) is 13.5. The fraction of sp³-hybridized carbons (Fsp3) is 0.231. The molecule has 1 aromatic carbocycles. The maximum atomic E-state index is 4.51. The number of halogens is 2. The molecule has 0 radical (unpaired) electrons. The van der Waals surface area contributed by atoms with Gasteiger partial charge >= 0.3 is 0 Å². The predicted octanol–water partition coefficient (Wildman–Crippen LogP) is 4.02. The fourth-order valence-electron chi connectivity index (χ4n) is 1.59. The minimum absolute atomic E-state index is 0.715. The third-order valence-corrected chi connectivity index (χ3v) is 3.80. The number of anilines is 1. The number of nitrogens with zero attached hydrogens (tertiary/aromatic N) is 2. The van der Waals surface area contributed by atoms with Crippen LogP contribution in [0.4, 0.5) is 5.82 Å². The summed E-state index contributed by atoms with van der Waals surface area (Å²) in [5, 5.41) is 3.21. The van der Waals surface area contributed by atoms with E-state index < -0.39 is 0 Å². The first-order chi connectivity index (χ1) is 8.70. The number of hydrogen-bond donors (Lipinski definition) is 1. The van der Waals surface area contributed by atoms with Crippen LogP contribution in [-0.4, -0.2) is 16.5 Å². The van der Waals surface area contributed by atoms with E-state index in [4.69, 9.17) is 0 Å². The highest BCUT2D eigenvalue weighted by atomic mass is 79.9. The first-order valence-electron chi connectivity index (χ1n) is 5.69. The van der Waals surface area contributed by atoms with E-state index in [2.05, 4.69) is 53.2 Å². The molecule has 1 N–H and O–H groups in total. The summed E-state index contributed by atoms with van der Waals surface area (Å²) in [4.78, 5) is 8.85. The highest BCUT2D eigenvalue weighted by Crippen LogP contribution is 2.21. The van der Waals surface area contributed by atoms with E-state index in [9.17, 15) is 0 Å². The lowest BCUT2D eigenvalue weighted by Gasteiger charge is -2.08. The fourth-order valence-corrected chi connectivity index (χ4v) is 2.35. The van der Waals surface area contributed by atoms with Crippen LogP contribution in [-0.2, 0) is 6.42 Å². The van der Waals surface area contributed by atoms with Crippen LogP contribution in [0.15, 0.2) is 39.4 Å². The molecule has 0 spiro atoms. The third-order valence-electron chi connectivity index (χ3n) is 2.44. The maximum absolute atomic E-state index is 4.51. The van der Waals surface area contributed by atoms with Gasteiger partial charge in [0.15, 0.2) is 0 Å². The highest BCUT2D eigenvalue weighted by molar-refractivity contribution is 9.10. The molecule has 0 amide bonds. The van der Waals surface area contributed by atoms with E-state index in [1.807, 2.05) is 25.1 Å². The number of hydrogen-bond acceptors (Lipinski definition) is 3. The van der Waals surface area contributed by atoms with Crippen molar-refractivity contribution in [3.8, 4) is 0 Å². The minimum Gasteiger partial charge on any atom is -0.369 e. The molecular weight excluding hydrogens is 358 g/mol. The summed E-state index contributed by atoms with van der Waals surface area (Å²) in [5.41, 5.74) is 1.18. The molecule has 0 saturated heterocycles. The molecule has 3 nitrogen and oxygen atoms in total. The molecule has 1 aromatic heterocycles. The molecule has 2 aromatic rings. The van der Waals surface area contributed by atoms with Crippen molar-refractivity contribution in [3.05, 3.63) is 50.8 Å². The van der Waals surface area contributed by atoms with Crippen molar-refractivity contribution in [2.24, 2.45) is 0 Å². The normalized spacial score (nSPS) is 10.4. The molecule has 0 bridgehead atoms. The summed E-state index contributed by atoms with van der Waals surface area (Å²) < 4.78 is 1.97. The zero-order valence-corrected chi connectivity index (χ0v) is 13.1. The molecule has 1 heterocycles. The molecule has 18 heavy (non-hydrogen) atoms. The lowest BCUT2D eigenvalue weighted by Crippen LogP contribution is -2.05. The van der Waals surface area contributed by atoms with Gasteiger partial charge in [-0.2, -0.15) is 0 Å². The van der Waals surface area contributed by atoms with Crippen LogP contribution in [0.5, 0.6) is 0 Å². The smallest absolute Gasteiger partial charge is 0.144 e. The largest absolute Gasteiger partial charge is 0.369 e. The van der Waals surface area contributed by atoms with E-state index >= 15 is 0 Å². The molecule has 0 aliphatic carbocycles. The molecule has 0 aliphatic rings. The van der Waals surface area contributed by atoms with Gasteiger partial charge in [-0.1, -0.05) is 34.1 Å². The van der Waals surface area contributed by atoms with Gasteiger partial charge in [0.1, 0.15) is 11.6 Å². The Hall–Kier alpha value is -0.940. The van der Waals surface area contributed by atoms with Gasteiger partial charge in [0.25, 0.3) is 0 Å². The van der Waals surface area contributed by atoms with E-state index in [1.54, 1.807) is 6.20 Å². The summed E-state index contributed by atoms with van der Waals surface area (Å²) in [6.07, 6.45) is 2.50. The number of aromatic nitrogens is 2. The number of rotatable bonds is 4. The highest BCUT2D eigenvalue weighted by Gasteiger charge is 2.06. The zero-order chi connectivity index (χ0) is 13.0. The average molecular weight is 371 g/mol. The van der Waals surface area contributed by atoms with Gasteiger partial charge in [0.05, 0.1) is 4.47 Å². The minimum atomic E-state index is 0.715. The van der Waals surface area contributed by atoms with Crippen LogP contribution < -0.4 is 5.32 Å². The quantitative estimate of drug-likeness (QED) is 0.882. The summed E-state index contributed by atoms with van der Waals surface area (Å²) >= 11 is 6.97. The van der Waals surface area contributed by atoms with Crippen LogP contribution in [0.25, 0.3) is 0 Å². The predicted molar refractivity (Wildman–Crippen MR) is 80.8 cm³/mol. The Bertz CT molecular complexity index is 544. The van der Waals surface area contributed by atoms with Crippen LogP contribution in [0.3, 0.4) is 0 Å². The average Bonchev–Trinajstić information content (AvgIpc) is 2.36. The van der Waals surface area contributed by atoms with Crippen molar-refractivity contribution in [2.45, 2.75) is 13.3 Å². The summed E-state index contributed by atoms with van der Waals surface area (Å²) in [5.74, 6) is 1.65. The van der Waals surface area contributed by atoms with Crippen molar-refractivity contribution >= 4 is 37.7 Å². The summed E-state index contributed by atoms with van der Waals surface area (Å²) in [6.45, 7) is 2.88. The van der Waals surface area contributed by atoms with Crippen LogP contribution in [0.2, 0.25) is 0 Å². The molecule has 0 atom stereocenters. The van der Waals surface area contributed by atoms with Gasteiger partial charge in [-0.15, -0.1) is 0 Å². The second kappa shape index (κ2) is 6.29. The summed E-state index contributed by atoms with van der Waals surface area (Å²) in [6, 6.07) is 8.12. The van der Waals surface area contributed by atoms with E-state index in [0.717, 1.165) is 27.1 Å². The van der Waals surface area contributed by atoms with Crippen molar-refractivity contribution in [3.63, 3.8) is 0 Å². The molecule has 94 valence electrons. The molecule has 5 heteroatoms. The van der Waals surface area contributed by atoms with Crippen molar-refractivity contribution < 1.29 is 0 Å². The van der Waals surface area contributed by atoms with Gasteiger partial charge in [0, 0.05) is 23.6 Å². The van der Waals surface area contributed by atoms with Crippen molar-refractivity contribution in [1.82, 2.24) is 9.97 Å². The van der Waals surface area contributed by atoms with Gasteiger partial charge in [0.2, 0.25) is 0 Å². The number of benzene rings is 1. The Balaban J connectivity index is 2.24. The first-order valence-corrected chi connectivity index (χ1v) is 7.28. The Kier molecular flexibility index (Phi) is 4.72. The lowest BCUT2D eigenvalue weighted by atomic mass is 10.1. The van der Waals surface area contributed by atoms with Gasteiger partial charge in [-0.3, -0.25) is 0 Å². The third kappa shape index (κ3) is 3.29. The molecule has 0 saturated carbocycles. The number of nitrogens with one attached hydrogen (secondary N) is 1. The van der Waals surface area contributed by atoms with Crippen LogP contribution in [0, 0.1) is 0 Å². The maximum Gasteiger partial charge on any atom is 0.144 e.